The fraction of sp³-hybridized carbons (Fsp3) is 0.417. The summed E-state index contributed by atoms with van der Waals surface area (Å²) in [5.74, 6) is -1.29. The molecule has 1 aliphatic carbocycles. The average Bonchev–Trinajstić information content (AvgIpc) is 2.26. The maximum Gasteiger partial charge on any atom is 0.329 e. The standard InChI is InChI=1S/C12H15N3O3/c13-8-2-3-9(14-7-8)6-10(16)15-12(11(17)18)4-1-5-12/h2-3,7H,1,4-6,13H2,(H,15,16)(H,17,18). The minimum absolute atomic E-state index is 0.0648. The minimum Gasteiger partial charge on any atom is -0.480 e. The van der Waals surface area contributed by atoms with E-state index < -0.39 is 11.5 Å². The number of anilines is 1. The van der Waals surface area contributed by atoms with Gasteiger partial charge in [0.2, 0.25) is 5.91 Å². The summed E-state index contributed by atoms with van der Waals surface area (Å²) in [5.41, 5.74) is 5.52. The van der Waals surface area contributed by atoms with Crippen LogP contribution in [-0.2, 0) is 16.0 Å². The lowest BCUT2D eigenvalue weighted by molar-refractivity contribution is -0.151. The number of rotatable bonds is 4. The lowest BCUT2D eigenvalue weighted by Gasteiger charge is -2.38. The van der Waals surface area contributed by atoms with Gasteiger partial charge in [-0.05, 0) is 31.4 Å². The molecule has 96 valence electrons. The summed E-state index contributed by atoms with van der Waals surface area (Å²) >= 11 is 0. The zero-order valence-corrected chi connectivity index (χ0v) is 9.85. The van der Waals surface area contributed by atoms with Gasteiger partial charge in [-0.3, -0.25) is 9.78 Å². The number of nitrogen functional groups attached to an aromatic ring is 1. The van der Waals surface area contributed by atoms with Gasteiger partial charge in [0, 0.05) is 5.69 Å². The van der Waals surface area contributed by atoms with Gasteiger partial charge >= 0.3 is 5.97 Å². The van der Waals surface area contributed by atoms with E-state index in [4.69, 9.17) is 10.8 Å². The third kappa shape index (κ3) is 2.42. The Bertz CT molecular complexity index is 466. The highest BCUT2D eigenvalue weighted by Crippen LogP contribution is 2.32. The zero-order valence-electron chi connectivity index (χ0n) is 9.85. The molecule has 0 unspecified atom stereocenters. The third-order valence-corrected chi connectivity index (χ3v) is 3.18. The number of carbonyl (C=O) groups is 2. The van der Waals surface area contributed by atoms with E-state index in [1.54, 1.807) is 12.1 Å². The Balaban J connectivity index is 1.96. The third-order valence-electron chi connectivity index (χ3n) is 3.18. The van der Waals surface area contributed by atoms with Crippen molar-refractivity contribution in [2.45, 2.75) is 31.2 Å². The van der Waals surface area contributed by atoms with E-state index in [1.165, 1.54) is 6.20 Å². The molecule has 18 heavy (non-hydrogen) atoms. The fourth-order valence-corrected chi connectivity index (χ4v) is 1.94. The summed E-state index contributed by atoms with van der Waals surface area (Å²) in [5, 5.41) is 11.7. The summed E-state index contributed by atoms with van der Waals surface area (Å²) in [6.07, 6.45) is 3.34. The van der Waals surface area contributed by atoms with Gasteiger partial charge in [-0.2, -0.15) is 0 Å². The molecule has 2 rings (SSSR count). The molecule has 1 fully saturated rings. The summed E-state index contributed by atoms with van der Waals surface area (Å²) in [6.45, 7) is 0. The van der Waals surface area contributed by atoms with Crippen LogP contribution >= 0.6 is 0 Å². The van der Waals surface area contributed by atoms with Gasteiger partial charge in [-0.1, -0.05) is 0 Å². The van der Waals surface area contributed by atoms with Crippen LogP contribution in [-0.4, -0.2) is 27.5 Å². The first-order valence-electron chi connectivity index (χ1n) is 5.77. The minimum atomic E-state index is -1.06. The average molecular weight is 249 g/mol. The number of nitrogens with two attached hydrogens (primary N) is 1. The second-order valence-electron chi connectivity index (χ2n) is 4.55. The number of hydrogen-bond acceptors (Lipinski definition) is 4. The number of carboxylic acids is 1. The largest absolute Gasteiger partial charge is 0.480 e. The van der Waals surface area contributed by atoms with Gasteiger partial charge in [0.15, 0.2) is 0 Å². The molecule has 1 heterocycles. The molecule has 1 aromatic heterocycles. The van der Waals surface area contributed by atoms with E-state index in [0.717, 1.165) is 6.42 Å². The number of aromatic nitrogens is 1. The van der Waals surface area contributed by atoms with Crippen molar-refractivity contribution in [2.24, 2.45) is 0 Å². The Hall–Kier alpha value is -2.11. The number of amides is 1. The van der Waals surface area contributed by atoms with Crippen molar-refractivity contribution < 1.29 is 14.7 Å². The van der Waals surface area contributed by atoms with E-state index in [0.29, 0.717) is 24.2 Å². The van der Waals surface area contributed by atoms with Crippen LogP contribution in [0, 0.1) is 0 Å². The van der Waals surface area contributed by atoms with Gasteiger partial charge in [-0.15, -0.1) is 0 Å². The lowest BCUT2D eigenvalue weighted by Crippen LogP contribution is -2.59. The van der Waals surface area contributed by atoms with E-state index in [-0.39, 0.29) is 12.3 Å². The quantitative estimate of drug-likeness (QED) is 0.713. The van der Waals surface area contributed by atoms with Gasteiger partial charge in [0.1, 0.15) is 5.54 Å². The van der Waals surface area contributed by atoms with Crippen LogP contribution in [0.5, 0.6) is 0 Å². The maximum atomic E-state index is 11.8. The van der Waals surface area contributed by atoms with Crippen LogP contribution in [0.15, 0.2) is 18.3 Å². The van der Waals surface area contributed by atoms with Crippen LogP contribution in [0.2, 0.25) is 0 Å². The van der Waals surface area contributed by atoms with Gasteiger partial charge < -0.3 is 16.2 Å². The molecule has 6 heteroatoms. The maximum absolute atomic E-state index is 11.8. The fourth-order valence-electron chi connectivity index (χ4n) is 1.94. The Morgan fingerprint density at radius 3 is 2.61 bits per heavy atom. The molecular formula is C12H15N3O3. The first-order valence-corrected chi connectivity index (χ1v) is 5.77. The highest BCUT2D eigenvalue weighted by molar-refractivity contribution is 5.88. The van der Waals surface area contributed by atoms with Crippen LogP contribution in [0.25, 0.3) is 0 Å². The van der Waals surface area contributed by atoms with Crippen LogP contribution in [0.1, 0.15) is 25.0 Å². The molecule has 1 aliphatic rings. The van der Waals surface area contributed by atoms with Crippen molar-refractivity contribution >= 4 is 17.6 Å². The van der Waals surface area contributed by atoms with E-state index in [9.17, 15) is 9.59 Å². The molecule has 0 aromatic carbocycles. The predicted octanol–water partition coefficient (Wildman–Crippen LogP) is 0.330. The summed E-state index contributed by atoms with van der Waals surface area (Å²) in [4.78, 5) is 26.9. The monoisotopic (exact) mass is 249 g/mol. The molecule has 0 aliphatic heterocycles. The molecule has 0 radical (unpaired) electrons. The second-order valence-corrected chi connectivity index (χ2v) is 4.55. The first-order chi connectivity index (χ1) is 8.52. The zero-order chi connectivity index (χ0) is 13.2. The second kappa shape index (κ2) is 4.64. The Labute approximate surface area is 104 Å². The molecule has 0 atom stereocenters. The molecule has 1 saturated carbocycles. The number of hydrogen-bond donors (Lipinski definition) is 3. The van der Waals surface area contributed by atoms with Crippen molar-refractivity contribution in [1.29, 1.82) is 0 Å². The number of carboxylic acid groups (broad SMARTS) is 1. The Morgan fingerprint density at radius 1 is 1.44 bits per heavy atom. The molecule has 4 N–H and O–H groups in total. The van der Waals surface area contributed by atoms with Crippen LogP contribution in [0.3, 0.4) is 0 Å². The highest BCUT2D eigenvalue weighted by atomic mass is 16.4. The van der Waals surface area contributed by atoms with Gasteiger partial charge in [0.05, 0.1) is 18.3 Å². The van der Waals surface area contributed by atoms with Crippen molar-refractivity contribution in [3.8, 4) is 0 Å². The lowest BCUT2D eigenvalue weighted by atomic mass is 9.76. The number of aliphatic carboxylic acids is 1. The van der Waals surface area contributed by atoms with Gasteiger partial charge in [0.25, 0.3) is 0 Å². The normalized spacial score (nSPS) is 16.7. The Kier molecular flexibility index (Phi) is 3.18. The van der Waals surface area contributed by atoms with E-state index in [2.05, 4.69) is 10.3 Å². The highest BCUT2D eigenvalue weighted by Gasteiger charge is 2.45. The molecule has 0 bridgehead atoms. The van der Waals surface area contributed by atoms with Crippen LogP contribution in [0.4, 0.5) is 5.69 Å². The molecule has 0 saturated heterocycles. The number of nitrogens with zero attached hydrogens (tertiary/aromatic N) is 1. The number of nitrogens with one attached hydrogen (secondary N) is 1. The van der Waals surface area contributed by atoms with Crippen molar-refractivity contribution in [2.75, 3.05) is 5.73 Å². The predicted molar refractivity (Wildman–Crippen MR) is 64.7 cm³/mol. The number of pyridine rings is 1. The van der Waals surface area contributed by atoms with Crippen molar-refractivity contribution in [3.63, 3.8) is 0 Å². The summed E-state index contributed by atoms with van der Waals surface area (Å²) in [7, 11) is 0. The summed E-state index contributed by atoms with van der Waals surface area (Å²) < 4.78 is 0. The molecule has 1 aromatic rings. The van der Waals surface area contributed by atoms with E-state index >= 15 is 0 Å². The first kappa shape index (κ1) is 12.3. The van der Waals surface area contributed by atoms with Crippen LogP contribution < -0.4 is 11.1 Å². The topological polar surface area (TPSA) is 105 Å². The molecular weight excluding hydrogens is 234 g/mol. The smallest absolute Gasteiger partial charge is 0.329 e. The van der Waals surface area contributed by atoms with Gasteiger partial charge in [-0.25, -0.2) is 4.79 Å². The number of carbonyl (C=O) groups excluding carboxylic acids is 1. The molecule has 0 spiro atoms. The van der Waals surface area contributed by atoms with E-state index in [1.807, 2.05) is 0 Å². The summed E-state index contributed by atoms with van der Waals surface area (Å²) in [6, 6.07) is 3.31. The van der Waals surface area contributed by atoms with Crippen molar-refractivity contribution in [1.82, 2.24) is 10.3 Å². The van der Waals surface area contributed by atoms with Crippen molar-refractivity contribution in [3.05, 3.63) is 24.0 Å². The SMILES string of the molecule is Nc1ccc(CC(=O)NC2(C(=O)O)CCC2)nc1. The molecule has 1 amide bonds. The molecule has 6 nitrogen and oxygen atoms in total. The Morgan fingerprint density at radius 2 is 2.17 bits per heavy atom.